The molecular weight excluding hydrogens is 274 g/mol. The third kappa shape index (κ3) is 4.43. The fraction of sp³-hybridized carbons (Fsp3) is 0.412. The lowest BCUT2D eigenvalue weighted by Gasteiger charge is -2.23. The zero-order chi connectivity index (χ0) is 15.9. The van der Waals surface area contributed by atoms with Crippen LogP contribution in [0.3, 0.4) is 0 Å². The highest BCUT2D eigenvalue weighted by Gasteiger charge is 2.10. The largest absolute Gasteiger partial charge is 0.369 e. The van der Waals surface area contributed by atoms with Crippen molar-refractivity contribution in [1.82, 2.24) is 14.9 Å². The Labute approximate surface area is 133 Å². The molecule has 1 aromatic carbocycles. The van der Waals surface area contributed by atoms with Crippen LogP contribution in [-0.4, -0.2) is 48.6 Å². The summed E-state index contributed by atoms with van der Waals surface area (Å²) in [5.41, 5.74) is 1.14. The predicted octanol–water partition coefficient (Wildman–Crippen LogP) is 2.92. The molecule has 0 saturated heterocycles. The van der Waals surface area contributed by atoms with E-state index in [9.17, 15) is 0 Å². The van der Waals surface area contributed by atoms with Crippen LogP contribution < -0.4 is 10.2 Å². The highest BCUT2D eigenvalue weighted by atomic mass is 15.2. The van der Waals surface area contributed by atoms with Crippen molar-refractivity contribution in [2.24, 2.45) is 0 Å². The Morgan fingerprint density at radius 1 is 1.09 bits per heavy atom. The Bertz CT molecular complexity index is 583. The molecule has 22 heavy (non-hydrogen) atoms. The van der Waals surface area contributed by atoms with E-state index in [1.807, 2.05) is 31.2 Å². The first-order valence-corrected chi connectivity index (χ1v) is 7.67. The summed E-state index contributed by atoms with van der Waals surface area (Å²) >= 11 is 0. The minimum Gasteiger partial charge on any atom is -0.369 e. The standard InChI is InChI=1S/C17H25N5/c1-5-22(15-9-7-6-8-10-15)17-13-16(19-14(2)20-17)18-11-12-21(3)4/h6-10,13H,5,11-12H2,1-4H3,(H,18,19,20). The van der Waals surface area contributed by atoms with Gasteiger partial charge in [-0.3, -0.25) is 0 Å². The molecule has 0 aliphatic heterocycles. The van der Waals surface area contributed by atoms with Gasteiger partial charge in [0.05, 0.1) is 0 Å². The predicted molar refractivity (Wildman–Crippen MR) is 92.9 cm³/mol. The van der Waals surface area contributed by atoms with Gasteiger partial charge in [0.15, 0.2) is 0 Å². The zero-order valence-corrected chi connectivity index (χ0v) is 13.9. The minimum atomic E-state index is 0.777. The van der Waals surface area contributed by atoms with Gasteiger partial charge < -0.3 is 15.1 Å². The van der Waals surface area contributed by atoms with E-state index in [0.717, 1.165) is 42.8 Å². The van der Waals surface area contributed by atoms with Crippen molar-refractivity contribution in [2.75, 3.05) is 43.9 Å². The fourth-order valence-electron chi connectivity index (χ4n) is 2.27. The zero-order valence-electron chi connectivity index (χ0n) is 13.9. The highest BCUT2D eigenvalue weighted by molar-refractivity contribution is 5.62. The number of rotatable bonds is 7. The van der Waals surface area contributed by atoms with Crippen LogP contribution in [0, 0.1) is 6.92 Å². The second-order valence-corrected chi connectivity index (χ2v) is 5.47. The van der Waals surface area contributed by atoms with Gasteiger partial charge in [-0.2, -0.15) is 0 Å². The van der Waals surface area contributed by atoms with E-state index in [0.29, 0.717) is 0 Å². The molecule has 0 radical (unpaired) electrons. The molecule has 0 aliphatic rings. The number of hydrogen-bond acceptors (Lipinski definition) is 5. The number of nitrogens with one attached hydrogen (secondary N) is 1. The molecule has 1 aromatic heterocycles. The van der Waals surface area contributed by atoms with Crippen LogP contribution in [-0.2, 0) is 0 Å². The molecular formula is C17H25N5. The smallest absolute Gasteiger partial charge is 0.138 e. The lowest BCUT2D eigenvalue weighted by molar-refractivity contribution is 0.425. The Hall–Kier alpha value is -2.14. The molecule has 0 saturated carbocycles. The number of aryl methyl sites for hydroxylation is 1. The van der Waals surface area contributed by atoms with Crippen LogP contribution in [0.1, 0.15) is 12.7 Å². The van der Waals surface area contributed by atoms with E-state index in [4.69, 9.17) is 0 Å². The molecule has 2 rings (SSSR count). The van der Waals surface area contributed by atoms with E-state index in [2.05, 4.69) is 58.2 Å². The van der Waals surface area contributed by atoms with Gasteiger partial charge in [0.1, 0.15) is 17.5 Å². The number of likely N-dealkylation sites (N-methyl/N-ethyl adjacent to an activating group) is 1. The van der Waals surface area contributed by atoms with Gasteiger partial charge in [-0.05, 0) is 40.1 Å². The molecule has 118 valence electrons. The lowest BCUT2D eigenvalue weighted by Crippen LogP contribution is -2.22. The molecule has 1 N–H and O–H groups in total. The summed E-state index contributed by atoms with van der Waals surface area (Å²) in [5.74, 6) is 2.58. The Kier molecular flexibility index (Phi) is 5.72. The first kappa shape index (κ1) is 16.2. The second kappa shape index (κ2) is 7.75. The number of para-hydroxylation sites is 1. The third-order valence-corrected chi connectivity index (χ3v) is 3.35. The van der Waals surface area contributed by atoms with Crippen molar-refractivity contribution in [3.05, 3.63) is 42.2 Å². The summed E-state index contributed by atoms with van der Waals surface area (Å²) in [6, 6.07) is 12.3. The van der Waals surface area contributed by atoms with Crippen LogP contribution >= 0.6 is 0 Å². The number of aromatic nitrogens is 2. The van der Waals surface area contributed by atoms with Crippen LogP contribution in [0.5, 0.6) is 0 Å². The maximum absolute atomic E-state index is 4.59. The first-order chi connectivity index (χ1) is 10.6. The van der Waals surface area contributed by atoms with E-state index in [1.165, 1.54) is 0 Å². The Balaban J connectivity index is 2.20. The van der Waals surface area contributed by atoms with E-state index < -0.39 is 0 Å². The van der Waals surface area contributed by atoms with Gasteiger partial charge >= 0.3 is 0 Å². The van der Waals surface area contributed by atoms with Crippen LogP contribution in [0.25, 0.3) is 0 Å². The highest BCUT2D eigenvalue weighted by Crippen LogP contribution is 2.24. The van der Waals surface area contributed by atoms with Gasteiger partial charge in [-0.1, -0.05) is 18.2 Å². The Morgan fingerprint density at radius 2 is 1.82 bits per heavy atom. The molecule has 1 heterocycles. The molecule has 5 nitrogen and oxygen atoms in total. The van der Waals surface area contributed by atoms with Crippen molar-refractivity contribution in [2.45, 2.75) is 13.8 Å². The van der Waals surface area contributed by atoms with Gasteiger partial charge in [-0.15, -0.1) is 0 Å². The maximum Gasteiger partial charge on any atom is 0.138 e. The van der Waals surface area contributed by atoms with Crippen molar-refractivity contribution >= 4 is 17.3 Å². The third-order valence-electron chi connectivity index (χ3n) is 3.35. The van der Waals surface area contributed by atoms with Gasteiger partial charge in [0.25, 0.3) is 0 Å². The van der Waals surface area contributed by atoms with E-state index >= 15 is 0 Å². The summed E-state index contributed by atoms with van der Waals surface area (Å²) in [6.45, 7) is 6.75. The molecule has 0 fully saturated rings. The molecule has 2 aromatic rings. The summed E-state index contributed by atoms with van der Waals surface area (Å²) in [7, 11) is 4.12. The number of nitrogens with zero attached hydrogens (tertiary/aromatic N) is 4. The van der Waals surface area contributed by atoms with Crippen LogP contribution in [0.15, 0.2) is 36.4 Å². The minimum absolute atomic E-state index is 0.777. The molecule has 0 atom stereocenters. The molecule has 0 bridgehead atoms. The fourth-order valence-corrected chi connectivity index (χ4v) is 2.27. The number of anilines is 3. The lowest BCUT2D eigenvalue weighted by atomic mass is 10.3. The number of hydrogen-bond donors (Lipinski definition) is 1. The second-order valence-electron chi connectivity index (χ2n) is 5.47. The van der Waals surface area contributed by atoms with Crippen LogP contribution in [0.2, 0.25) is 0 Å². The maximum atomic E-state index is 4.59. The molecule has 0 aliphatic carbocycles. The summed E-state index contributed by atoms with van der Waals surface area (Å²) < 4.78 is 0. The van der Waals surface area contributed by atoms with Crippen molar-refractivity contribution < 1.29 is 0 Å². The van der Waals surface area contributed by atoms with E-state index in [1.54, 1.807) is 0 Å². The summed E-state index contributed by atoms with van der Waals surface area (Å²) in [6.07, 6.45) is 0. The summed E-state index contributed by atoms with van der Waals surface area (Å²) in [4.78, 5) is 13.4. The monoisotopic (exact) mass is 299 g/mol. The van der Waals surface area contributed by atoms with E-state index in [-0.39, 0.29) is 0 Å². The number of benzene rings is 1. The van der Waals surface area contributed by atoms with Crippen molar-refractivity contribution in [3.63, 3.8) is 0 Å². The average Bonchev–Trinajstić information content (AvgIpc) is 2.48. The topological polar surface area (TPSA) is 44.3 Å². The molecule has 0 unspecified atom stereocenters. The first-order valence-electron chi connectivity index (χ1n) is 7.67. The average molecular weight is 299 g/mol. The molecule has 0 spiro atoms. The van der Waals surface area contributed by atoms with Crippen molar-refractivity contribution in [3.8, 4) is 0 Å². The SMILES string of the molecule is CCN(c1ccccc1)c1cc(NCCN(C)C)nc(C)n1. The summed E-state index contributed by atoms with van der Waals surface area (Å²) in [5, 5.41) is 3.37. The van der Waals surface area contributed by atoms with Gasteiger partial charge in [0.2, 0.25) is 0 Å². The quantitative estimate of drug-likeness (QED) is 0.851. The van der Waals surface area contributed by atoms with Crippen molar-refractivity contribution in [1.29, 1.82) is 0 Å². The molecule has 5 heteroatoms. The van der Waals surface area contributed by atoms with Gasteiger partial charge in [0, 0.05) is 31.4 Å². The molecule has 0 amide bonds. The Morgan fingerprint density at radius 3 is 2.45 bits per heavy atom. The van der Waals surface area contributed by atoms with Gasteiger partial charge in [-0.25, -0.2) is 9.97 Å². The normalized spacial score (nSPS) is 10.8. The van der Waals surface area contributed by atoms with Crippen LogP contribution in [0.4, 0.5) is 17.3 Å².